The van der Waals surface area contributed by atoms with E-state index in [1.54, 1.807) is 37.4 Å². The topological polar surface area (TPSA) is 81.9 Å². The number of para-hydroxylation sites is 2. The molecule has 3 rings (SSSR count). The van der Waals surface area contributed by atoms with E-state index in [0.29, 0.717) is 17.9 Å². The summed E-state index contributed by atoms with van der Waals surface area (Å²) in [7, 11) is 0. The fourth-order valence-electron chi connectivity index (χ4n) is 3.21. The zero-order valence-electron chi connectivity index (χ0n) is 17.8. The molecule has 0 fully saturated rings. The van der Waals surface area contributed by atoms with Crippen molar-refractivity contribution in [2.45, 2.75) is 20.8 Å². The second-order valence-corrected chi connectivity index (χ2v) is 6.79. The first-order valence-electron chi connectivity index (χ1n) is 9.96. The third kappa shape index (κ3) is 5.39. The Hall–Kier alpha value is -3.87. The summed E-state index contributed by atoms with van der Waals surface area (Å²) in [6.07, 6.45) is 1.58. The number of hydrogen-bond donors (Lipinski definition) is 1. The molecule has 0 aliphatic rings. The van der Waals surface area contributed by atoms with Crippen LogP contribution in [-0.4, -0.2) is 35.9 Å². The Morgan fingerprint density at radius 1 is 1.06 bits per heavy atom. The smallest absolute Gasteiger partial charge is 0.340 e. The number of hydrogen-bond acceptors (Lipinski definition) is 5. The first kappa shape index (κ1) is 21.8. The van der Waals surface area contributed by atoms with Crippen LogP contribution in [0.4, 0.5) is 0 Å². The molecular formula is C24H25N3O4. The van der Waals surface area contributed by atoms with Crippen molar-refractivity contribution in [2.75, 3.05) is 13.2 Å². The standard InChI is InChI=1S/C24H25N3O4/c1-4-30-24(29)21-12-8-9-13-22(21)27-17(2)14-19(18(27)3)15-25-26-23(28)16-31-20-10-6-5-7-11-20/h5-15H,4,16H2,1-3H3,(H,26,28)/b25-15-. The molecule has 1 heterocycles. The number of nitrogens with one attached hydrogen (secondary N) is 1. The van der Waals surface area contributed by atoms with Gasteiger partial charge < -0.3 is 14.0 Å². The molecule has 0 radical (unpaired) electrons. The first-order chi connectivity index (χ1) is 15.0. The highest BCUT2D eigenvalue weighted by molar-refractivity contribution is 5.94. The maximum Gasteiger partial charge on any atom is 0.340 e. The highest BCUT2D eigenvalue weighted by Gasteiger charge is 2.17. The van der Waals surface area contributed by atoms with E-state index < -0.39 is 0 Å². The minimum absolute atomic E-state index is 0.132. The van der Waals surface area contributed by atoms with Gasteiger partial charge in [-0.2, -0.15) is 5.10 Å². The lowest BCUT2D eigenvalue weighted by atomic mass is 10.1. The third-order valence-electron chi connectivity index (χ3n) is 4.62. The lowest BCUT2D eigenvalue weighted by Crippen LogP contribution is -2.24. The third-order valence-corrected chi connectivity index (χ3v) is 4.62. The van der Waals surface area contributed by atoms with Gasteiger partial charge in [0.25, 0.3) is 5.91 Å². The molecule has 0 unspecified atom stereocenters. The maximum absolute atomic E-state index is 12.4. The summed E-state index contributed by atoms with van der Waals surface area (Å²) in [5.74, 6) is -0.112. The molecule has 0 saturated carbocycles. The molecule has 3 aromatic rings. The fraction of sp³-hybridized carbons (Fsp3) is 0.208. The number of benzene rings is 2. The lowest BCUT2D eigenvalue weighted by molar-refractivity contribution is -0.123. The summed E-state index contributed by atoms with van der Waals surface area (Å²) in [6.45, 7) is 5.82. The van der Waals surface area contributed by atoms with Crippen molar-refractivity contribution in [3.63, 3.8) is 0 Å². The van der Waals surface area contributed by atoms with Crippen LogP contribution in [0.2, 0.25) is 0 Å². The summed E-state index contributed by atoms with van der Waals surface area (Å²) in [6, 6.07) is 18.3. The number of nitrogens with zero attached hydrogens (tertiary/aromatic N) is 2. The van der Waals surface area contributed by atoms with E-state index >= 15 is 0 Å². The van der Waals surface area contributed by atoms with E-state index in [0.717, 1.165) is 22.6 Å². The van der Waals surface area contributed by atoms with E-state index in [1.807, 2.05) is 54.8 Å². The van der Waals surface area contributed by atoms with Crippen LogP contribution in [-0.2, 0) is 9.53 Å². The van der Waals surface area contributed by atoms with Gasteiger partial charge in [-0.25, -0.2) is 10.2 Å². The van der Waals surface area contributed by atoms with E-state index in [1.165, 1.54) is 0 Å². The summed E-state index contributed by atoms with van der Waals surface area (Å²) in [5.41, 5.74) is 6.31. The van der Waals surface area contributed by atoms with E-state index in [4.69, 9.17) is 9.47 Å². The van der Waals surface area contributed by atoms with Gasteiger partial charge in [0.15, 0.2) is 6.61 Å². The summed E-state index contributed by atoms with van der Waals surface area (Å²) >= 11 is 0. The molecule has 0 aliphatic carbocycles. The Morgan fingerprint density at radius 3 is 2.52 bits per heavy atom. The second-order valence-electron chi connectivity index (χ2n) is 6.79. The molecule has 160 valence electrons. The van der Waals surface area contributed by atoms with Crippen molar-refractivity contribution in [3.05, 3.63) is 83.2 Å². The minimum Gasteiger partial charge on any atom is -0.484 e. The summed E-state index contributed by atoms with van der Waals surface area (Å²) < 4.78 is 12.5. The van der Waals surface area contributed by atoms with Crippen LogP contribution in [0.3, 0.4) is 0 Å². The Kier molecular flexibility index (Phi) is 7.22. The number of esters is 1. The van der Waals surface area contributed by atoms with Crippen molar-refractivity contribution in [1.82, 2.24) is 9.99 Å². The number of aryl methyl sites for hydroxylation is 1. The van der Waals surface area contributed by atoms with Gasteiger partial charge in [-0.3, -0.25) is 4.79 Å². The van der Waals surface area contributed by atoms with Gasteiger partial charge in [-0.15, -0.1) is 0 Å². The number of carbonyl (C=O) groups is 2. The van der Waals surface area contributed by atoms with Crippen molar-refractivity contribution in [2.24, 2.45) is 5.10 Å². The van der Waals surface area contributed by atoms with Crippen molar-refractivity contribution in [1.29, 1.82) is 0 Å². The molecule has 0 atom stereocenters. The molecule has 1 aromatic heterocycles. The largest absolute Gasteiger partial charge is 0.484 e. The van der Waals surface area contributed by atoms with E-state index in [2.05, 4.69) is 10.5 Å². The van der Waals surface area contributed by atoms with Gasteiger partial charge in [0.05, 0.1) is 24.1 Å². The van der Waals surface area contributed by atoms with Crippen molar-refractivity contribution in [3.8, 4) is 11.4 Å². The summed E-state index contributed by atoms with van der Waals surface area (Å²) in [4.78, 5) is 24.3. The molecule has 0 spiro atoms. The SMILES string of the molecule is CCOC(=O)c1ccccc1-n1c(C)cc(/C=N\NC(=O)COc2ccccc2)c1C. The number of aromatic nitrogens is 1. The van der Waals surface area contributed by atoms with Crippen LogP contribution < -0.4 is 10.2 Å². The number of carbonyl (C=O) groups excluding carboxylic acids is 2. The van der Waals surface area contributed by atoms with Crippen LogP contribution in [0, 0.1) is 13.8 Å². The van der Waals surface area contributed by atoms with Crippen LogP contribution in [0.25, 0.3) is 5.69 Å². The van der Waals surface area contributed by atoms with Crippen LogP contribution in [0.15, 0.2) is 65.8 Å². The van der Waals surface area contributed by atoms with E-state index in [-0.39, 0.29) is 18.5 Å². The van der Waals surface area contributed by atoms with Crippen LogP contribution in [0.1, 0.15) is 34.2 Å². The Balaban J connectivity index is 1.72. The average molecular weight is 419 g/mol. The molecule has 0 aliphatic heterocycles. The van der Waals surface area contributed by atoms with Crippen LogP contribution >= 0.6 is 0 Å². The monoisotopic (exact) mass is 419 g/mol. The zero-order valence-corrected chi connectivity index (χ0v) is 17.8. The van der Waals surface area contributed by atoms with Crippen LogP contribution in [0.5, 0.6) is 5.75 Å². The quantitative estimate of drug-likeness (QED) is 0.342. The normalized spacial score (nSPS) is 10.8. The van der Waals surface area contributed by atoms with Gasteiger partial charge in [0.2, 0.25) is 0 Å². The predicted molar refractivity (Wildman–Crippen MR) is 119 cm³/mol. The number of hydrazone groups is 1. The lowest BCUT2D eigenvalue weighted by Gasteiger charge is -2.14. The second kappa shape index (κ2) is 10.2. The number of ether oxygens (including phenoxy) is 2. The molecule has 31 heavy (non-hydrogen) atoms. The van der Waals surface area contributed by atoms with Gasteiger partial charge in [0, 0.05) is 17.0 Å². The molecule has 0 bridgehead atoms. The molecule has 7 heteroatoms. The molecule has 2 aromatic carbocycles. The molecular weight excluding hydrogens is 394 g/mol. The average Bonchev–Trinajstić information content (AvgIpc) is 3.06. The molecule has 0 saturated heterocycles. The summed E-state index contributed by atoms with van der Waals surface area (Å²) in [5, 5.41) is 4.04. The molecule has 1 N–H and O–H groups in total. The molecule has 7 nitrogen and oxygen atoms in total. The maximum atomic E-state index is 12.4. The van der Waals surface area contributed by atoms with Gasteiger partial charge in [-0.1, -0.05) is 30.3 Å². The van der Waals surface area contributed by atoms with Gasteiger partial charge in [-0.05, 0) is 51.1 Å². The van der Waals surface area contributed by atoms with E-state index in [9.17, 15) is 9.59 Å². The zero-order chi connectivity index (χ0) is 22.2. The molecule has 1 amide bonds. The number of amides is 1. The predicted octanol–water partition coefficient (Wildman–Crippen LogP) is 3.80. The van der Waals surface area contributed by atoms with Crippen molar-refractivity contribution >= 4 is 18.1 Å². The van der Waals surface area contributed by atoms with Gasteiger partial charge in [0.1, 0.15) is 5.75 Å². The highest BCUT2D eigenvalue weighted by Crippen LogP contribution is 2.23. The van der Waals surface area contributed by atoms with Gasteiger partial charge >= 0.3 is 5.97 Å². The minimum atomic E-state index is -0.369. The first-order valence-corrected chi connectivity index (χ1v) is 9.96. The number of rotatable bonds is 8. The Bertz CT molecular complexity index is 1090. The Labute approximate surface area is 181 Å². The van der Waals surface area contributed by atoms with Crippen molar-refractivity contribution < 1.29 is 19.1 Å². The fourth-order valence-corrected chi connectivity index (χ4v) is 3.21. The Morgan fingerprint density at radius 2 is 1.77 bits per heavy atom. The highest BCUT2D eigenvalue weighted by atomic mass is 16.5.